The van der Waals surface area contributed by atoms with Gasteiger partial charge in [-0.3, -0.25) is 14.4 Å². The number of amides is 3. The lowest BCUT2D eigenvalue weighted by atomic mass is 9.75. The average Bonchev–Trinajstić information content (AvgIpc) is 2.97. The second-order valence-corrected chi connectivity index (χ2v) is 9.93. The summed E-state index contributed by atoms with van der Waals surface area (Å²) in [6.07, 6.45) is -18.0. The van der Waals surface area contributed by atoms with E-state index >= 15 is 0 Å². The SMILES string of the molecule is Cc1cccc2c1NC(=O)[C@@H](NC(=O)CC(CCC(F)(F)F)(CCC(F)(F)F)C(N)=O)N=C2c1cccc(Cl)c1. The van der Waals surface area contributed by atoms with Crippen molar-refractivity contribution in [3.63, 3.8) is 0 Å². The molecule has 0 saturated heterocycles. The van der Waals surface area contributed by atoms with E-state index in [1.165, 1.54) is 0 Å². The highest BCUT2D eigenvalue weighted by Crippen LogP contribution is 2.40. The number of hydrogen-bond acceptors (Lipinski definition) is 4. The number of carbonyl (C=O) groups is 3. The van der Waals surface area contributed by atoms with Crippen molar-refractivity contribution in [3.05, 3.63) is 64.2 Å². The second kappa shape index (κ2) is 11.9. The lowest BCUT2D eigenvalue weighted by molar-refractivity contribution is -0.158. The van der Waals surface area contributed by atoms with Gasteiger partial charge in [-0.05, 0) is 37.5 Å². The molecule has 0 spiro atoms. The Kier molecular flexibility index (Phi) is 9.17. The summed E-state index contributed by atoms with van der Waals surface area (Å²) in [7, 11) is 0. The van der Waals surface area contributed by atoms with Crippen LogP contribution in [-0.4, -0.2) is 42.0 Å². The zero-order chi connectivity index (χ0) is 29.9. The fraction of sp³-hybridized carbons (Fsp3) is 0.385. The molecular weight excluding hydrogens is 566 g/mol. The summed E-state index contributed by atoms with van der Waals surface area (Å²) in [5, 5.41) is 5.23. The molecule has 216 valence electrons. The maximum atomic E-state index is 13.1. The zero-order valence-corrected chi connectivity index (χ0v) is 21.8. The Morgan fingerprint density at radius 1 is 1.00 bits per heavy atom. The Hall–Kier alpha value is -3.61. The Labute approximate surface area is 230 Å². The van der Waals surface area contributed by atoms with Crippen molar-refractivity contribution < 1.29 is 40.7 Å². The summed E-state index contributed by atoms with van der Waals surface area (Å²) in [6, 6.07) is 11.5. The number of benzodiazepines with no additional fused rings is 1. The summed E-state index contributed by atoms with van der Waals surface area (Å²) in [5.41, 5.74) is 5.02. The number of rotatable bonds is 9. The second-order valence-electron chi connectivity index (χ2n) is 9.50. The minimum atomic E-state index is -4.82. The van der Waals surface area contributed by atoms with E-state index in [1.54, 1.807) is 49.4 Å². The largest absolute Gasteiger partial charge is 0.389 e. The minimum Gasteiger partial charge on any atom is -0.369 e. The number of benzene rings is 2. The van der Waals surface area contributed by atoms with Gasteiger partial charge in [0.2, 0.25) is 18.0 Å². The number of primary amides is 1. The molecule has 3 rings (SSSR count). The van der Waals surface area contributed by atoms with E-state index in [1.807, 2.05) is 0 Å². The third-order valence-electron chi connectivity index (χ3n) is 6.47. The first kappa shape index (κ1) is 30.9. The van der Waals surface area contributed by atoms with E-state index in [9.17, 15) is 40.7 Å². The molecule has 0 radical (unpaired) electrons. The molecule has 0 aliphatic carbocycles. The van der Waals surface area contributed by atoms with E-state index in [2.05, 4.69) is 15.6 Å². The first-order chi connectivity index (χ1) is 18.5. The summed E-state index contributed by atoms with van der Waals surface area (Å²) in [6.45, 7) is 1.72. The molecule has 1 aliphatic heterocycles. The molecule has 2 aromatic rings. The molecule has 0 aromatic heterocycles. The zero-order valence-electron chi connectivity index (χ0n) is 21.0. The van der Waals surface area contributed by atoms with Gasteiger partial charge in [-0.25, -0.2) is 4.99 Å². The Morgan fingerprint density at radius 3 is 2.15 bits per heavy atom. The number of nitrogens with zero attached hydrogens (tertiary/aromatic N) is 1. The van der Waals surface area contributed by atoms with Crippen LogP contribution in [0.5, 0.6) is 0 Å². The molecule has 0 unspecified atom stereocenters. The highest BCUT2D eigenvalue weighted by atomic mass is 35.5. The van der Waals surface area contributed by atoms with Crippen molar-refractivity contribution >= 4 is 40.7 Å². The number of hydrogen-bond donors (Lipinski definition) is 3. The van der Waals surface area contributed by atoms with Gasteiger partial charge in [-0.2, -0.15) is 26.3 Å². The number of carbonyl (C=O) groups excluding carboxylic acids is 3. The summed E-state index contributed by atoms with van der Waals surface area (Å²) >= 11 is 6.13. The van der Waals surface area contributed by atoms with Gasteiger partial charge in [0, 0.05) is 35.4 Å². The lowest BCUT2D eigenvalue weighted by Gasteiger charge is -2.31. The van der Waals surface area contributed by atoms with Crippen LogP contribution >= 0.6 is 11.6 Å². The van der Waals surface area contributed by atoms with Crippen LogP contribution in [0.4, 0.5) is 32.0 Å². The van der Waals surface area contributed by atoms with Gasteiger partial charge in [0.25, 0.3) is 5.91 Å². The fourth-order valence-corrected chi connectivity index (χ4v) is 4.54. The van der Waals surface area contributed by atoms with Crippen molar-refractivity contribution in [2.24, 2.45) is 16.1 Å². The predicted molar refractivity (Wildman–Crippen MR) is 136 cm³/mol. The Morgan fingerprint density at radius 2 is 1.60 bits per heavy atom. The van der Waals surface area contributed by atoms with Crippen LogP contribution in [0.3, 0.4) is 0 Å². The number of nitrogens with one attached hydrogen (secondary N) is 2. The van der Waals surface area contributed by atoms with Crippen molar-refractivity contribution in [3.8, 4) is 0 Å². The highest BCUT2D eigenvalue weighted by Gasteiger charge is 2.45. The standard InChI is InChI=1S/C26H25ClF6N4O3/c1-14-4-2-7-17-19(14)37-22(39)21(36-20(17)15-5-3-6-16(27)12-15)35-18(38)13-24(23(34)40,8-10-25(28,29)30)9-11-26(31,32)33/h2-7,12,21H,8-11,13H2,1H3,(H2,34,40)(H,35,38)(H,37,39)/t21-/m0/s1. The molecule has 7 nitrogen and oxygen atoms in total. The number of aliphatic imine (C=N–C) groups is 1. The first-order valence-corrected chi connectivity index (χ1v) is 12.3. The highest BCUT2D eigenvalue weighted by molar-refractivity contribution is 6.31. The van der Waals surface area contributed by atoms with E-state index in [-0.39, 0.29) is 5.71 Å². The van der Waals surface area contributed by atoms with Gasteiger partial charge >= 0.3 is 12.4 Å². The molecule has 1 aliphatic rings. The molecule has 2 aromatic carbocycles. The number of nitrogens with two attached hydrogens (primary N) is 1. The normalized spacial score (nSPS) is 15.9. The molecule has 4 N–H and O–H groups in total. The number of para-hydroxylation sites is 1. The van der Waals surface area contributed by atoms with Crippen LogP contribution in [0.25, 0.3) is 0 Å². The molecule has 1 heterocycles. The van der Waals surface area contributed by atoms with Crippen LogP contribution in [0, 0.1) is 12.3 Å². The molecule has 0 fully saturated rings. The van der Waals surface area contributed by atoms with E-state index in [0.717, 1.165) is 0 Å². The maximum Gasteiger partial charge on any atom is 0.389 e. The van der Waals surface area contributed by atoms with Crippen LogP contribution in [-0.2, 0) is 14.4 Å². The van der Waals surface area contributed by atoms with Gasteiger partial charge in [0.05, 0.1) is 16.8 Å². The van der Waals surface area contributed by atoms with Gasteiger partial charge in [-0.1, -0.05) is 41.9 Å². The molecule has 0 bridgehead atoms. The van der Waals surface area contributed by atoms with Gasteiger partial charge in [0.1, 0.15) is 0 Å². The van der Waals surface area contributed by atoms with Crippen molar-refractivity contribution in [2.45, 2.75) is 57.5 Å². The van der Waals surface area contributed by atoms with Crippen LogP contribution in [0.15, 0.2) is 47.5 Å². The molecule has 0 saturated carbocycles. The molecule has 1 atom stereocenters. The van der Waals surface area contributed by atoms with Crippen molar-refractivity contribution in [1.29, 1.82) is 0 Å². The summed E-state index contributed by atoms with van der Waals surface area (Å²) in [5.74, 6) is -3.50. The summed E-state index contributed by atoms with van der Waals surface area (Å²) < 4.78 is 77.8. The molecule has 14 heteroatoms. The first-order valence-electron chi connectivity index (χ1n) is 12.0. The number of halogens is 7. The monoisotopic (exact) mass is 590 g/mol. The van der Waals surface area contributed by atoms with Crippen molar-refractivity contribution in [1.82, 2.24) is 5.32 Å². The average molecular weight is 591 g/mol. The lowest BCUT2D eigenvalue weighted by Crippen LogP contribution is -2.47. The van der Waals surface area contributed by atoms with Gasteiger partial charge < -0.3 is 16.4 Å². The minimum absolute atomic E-state index is 0.236. The topological polar surface area (TPSA) is 114 Å². The number of anilines is 1. The molecule has 40 heavy (non-hydrogen) atoms. The third kappa shape index (κ3) is 7.96. The van der Waals surface area contributed by atoms with Gasteiger partial charge in [-0.15, -0.1) is 0 Å². The summed E-state index contributed by atoms with van der Waals surface area (Å²) in [4.78, 5) is 42.7. The smallest absolute Gasteiger partial charge is 0.369 e. The van der Waals surface area contributed by atoms with E-state index in [0.29, 0.717) is 27.4 Å². The third-order valence-corrected chi connectivity index (χ3v) is 6.71. The van der Waals surface area contributed by atoms with Crippen LogP contribution in [0.2, 0.25) is 5.02 Å². The van der Waals surface area contributed by atoms with E-state index < -0.39 is 73.8 Å². The predicted octanol–water partition coefficient (Wildman–Crippen LogP) is 5.43. The van der Waals surface area contributed by atoms with Gasteiger partial charge in [0.15, 0.2) is 0 Å². The quantitative estimate of drug-likeness (QED) is 0.339. The number of fused-ring (bicyclic) bond motifs is 1. The maximum absolute atomic E-state index is 13.1. The van der Waals surface area contributed by atoms with Crippen LogP contribution in [0.1, 0.15) is 48.8 Å². The molecule has 3 amide bonds. The number of alkyl halides is 6. The van der Waals surface area contributed by atoms with Crippen LogP contribution < -0.4 is 16.4 Å². The van der Waals surface area contributed by atoms with E-state index in [4.69, 9.17) is 17.3 Å². The molecular formula is C26H25ClF6N4O3. The van der Waals surface area contributed by atoms with Crippen molar-refractivity contribution in [2.75, 3.05) is 5.32 Å². The fourth-order valence-electron chi connectivity index (χ4n) is 4.35. The Balaban J connectivity index is 1.97. The Bertz CT molecular complexity index is 1310. The number of aryl methyl sites for hydroxylation is 1.